The number of rotatable bonds is 5. The molecular formula is C15H20N2O3. The van der Waals surface area contributed by atoms with Gasteiger partial charge in [0.05, 0.1) is 11.4 Å². The molecule has 1 rings (SSSR count). The van der Waals surface area contributed by atoms with E-state index in [1.165, 1.54) is 7.05 Å². The van der Waals surface area contributed by atoms with Crippen LogP contribution in [0.3, 0.4) is 0 Å². The first-order valence-electron chi connectivity index (χ1n) is 6.28. The maximum atomic E-state index is 11.0. The van der Waals surface area contributed by atoms with E-state index in [1.54, 1.807) is 12.1 Å². The van der Waals surface area contributed by atoms with Crippen LogP contribution in [0.5, 0.6) is 0 Å². The van der Waals surface area contributed by atoms with Gasteiger partial charge in [0, 0.05) is 12.6 Å². The van der Waals surface area contributed by atoms with Crippen LogP contribution in [0.2, 0.25) is 0 Å². The average Bonchev–Trinajstić information content (AvgIpc) is 2.37. The number of hydrogen-bond acceptors (Lipinski definition) is 3. The van der Waals surface area contributed by atoms with Crippen LogP contribution >= 0.6 is 0 Å². The number of oxime groups is 1. The van der Waals surface area contributed by atoms with Gasteiger partial charge in [0.2, 0.25) is 0 Å². The standard InChI is InChI=1S/C15H20N2O3/c1-11(2)9-12(3)16-20-10-13-7-5-6-8-14(13)17(4)15(18)19/h5-9H,10H2,1-4H3,(H,18,19)/b16-12-. The number of benzene rings is 1. The average molecular weight is 276 g/mol. The molecule has 0 radical (unpaired) electrons. The highest BCUT2D eigenvalue weighted by Gasteiger charge is 2.12. The van der Waals surface area contributed by atoms with Gasteiger partial charge in [-0.2, -0.15) is 0 Å². The highest BCUT2D eigenvalue weighted by molar-refractivity contribution is 5.92. The first-order valence-corrected chi connectivity index (χ1v) is 6.28. The number of nitrogens with zero attached hydrogens (tertiary/aromatic N) is 2. The van der Waals surface area contributed by atoms with Crippen molar-refractivity contribution in [2.24, 2.45) is 5.16 Å². The van der Waals surface area contributed by atoms with Crippen LogP contribution in [0, 0.1) is 0 Å². The summed E-state index contributed by atoms with van der Waals surface area (Å²) in [5.41, 5.74) is 3.27. The van der Waals surface area contributed by atoms with Crippen molar-refractivity contribution in [3.05, 3.63) is 41.5 Å². The van der Waals surface area contributed by atoms with Gasteiger partial charge in [0.1, 0.15) is 6.61 Å². The Morgan fingerprint density at radius 3 is 2.60 bits per heavy atom. The Bertz CT molecular complexity index is 532. The summed E-state index contributed by atoms with van der Waals surface area (Å²) in [7, 11) is 1.50. The fourth-order valence-corrected chi connectivity index (χ4v) is 1.71. The maximum Gasteiger partial charge on any atom is 0.411 e. The van der Waals surface area contributed by atoms with Crippen molar-refractivity contribution in [1.29, 1.82) is 0 Å². The van der Waals surface area contributed by atoms with Gasteiger partial charge in [-0.1, -0.05) is 28.9 Å². The van der Waals surface area contributed by atoms with Crippen LogP contribution in [0.4, 0.5) is 10.5 Å². The second kappa shape index (κ2) is 7.33. The van der Waals surface area contributed by atoms with Crippen molar-refractivity contribution in [2.45, 2.75) is 27.4 Å². The van der Waals surface area contributed by atoms with Gasteiger partial charge in [-0.3, -0.25) is 4.90 Å². The van der Waals surface area contributed by atoms with E-state index in [4.69, 9.17) is 9.94 Å². The Morgan fingerprint density at radius 2 is 2.00 bits per heavy atom. The number of para-hydroxylation sites is 1. The largest absolute Gasteiger partial charge is 0.465 e. The molecule has 1 aromatic carbocycles. The number of amides is 1. The number of allylic oxidation sites excluding steroid dienone is 2. The third-order valence-corrected chi connectivity index (χ3v) is 2.57. The molecule has 0 unspecified atom stereocenters. The van der Waals surface area contributed by atoms with Crippen molar-refractivity contribution < 1.29 is 14.7 Å². The van der Waals surface area contributed by atoms with E-state index in [0.717, 1.165) is 21.7 Å². The summed E-state index contributed by atoms with van der Waals surface area (Å²) in [5, 5.41) is 13.0. The fourth-order valence-electron chi connectivity index (χ4n) is 1.71. The quantitative estimate of drug-likeness (QED) is 0.659. The lowest BCUT2D eigenvalue weighted by atomic mass is 10.2. The Morgan fingerprint density at radius 1 is 1.35 bits per heavy atom. The van der Waals surface area contributed by atoms with Crippen molar-refractivity contribution >= 4 is 17.5 Å². The number of carboxylic acid groups (broad SMARTS) is 1. The van der Waals surface area contributed by atoms with Gasteiger partial charge in [0.15, 0.2) is 0 Å². The minimum atomic E-state index is -1.01. The van der Waals surface area contributed by atoms with E-state index in [-0.39, 0.29) is 6.61 Å². The van der Waals surface area contributed by atoms with Crippen LogP contribution < -0.4 is 4.90 Å². The monoisotopic (exact) mass is 276 g/mol. The summed E-state index contributed by atoms with van der Waals surface area (Å²) >= 11 is 0. The summed E-state index contributed by atoms with van der Waals surface area (Å²) in [6.45, 7) is 6.04. The van der Waals surface area contributed by atoms with E-state index in [2.05, 4.69) is 5.16 Å². The van der Waals surface area contributed by atoms with Crippen molar-refractivity contribution in [3.8, 4) is 0 Å². The lowest BCUT2D eigenvalue weighted by Gasteiger charge is -2.16. The lowest BCUT2D eigenvalue weighted by molar-refractivity contribution is 0.131. The number of carbonyl (C=O) groups is 1. The molecule has 1 amide bonds. The summed E-state index contributed by atoms with van der Waals surface area (Å²) < 4.78 is 0. The van der Waals surface area contributed by atoms with E-state index in [1.807, 2.05) is 39.0 Å². The molecule has 0 atom stereocenters. The predicted molar refractivity (Wildman–Crippen MR) is 80.2 cm³/mol. The lowest BCUT2D eigenvalue weighted by Crippen LogP contribution is -2.24. The van der Waals surface area contributed by atoms with Gasteiger partial charge >= 0.3 is 6.09 Å². The zero-order valence-electron chi connectivity index (χ0n) is 12.3. The number of hydrogen-bond donors (Lipinski definition) is 1. The highest BCUT2D eigenvalue weighted by Crippen LogP contribution is 2.20. The van der Waals surface area contributed by atoms with Crippen LogP contribution in [0.1, 0.15) is 26.3 Å². The van der Waals surface area contributed by atoms with Gasteiger partial charge in [-0.25, -0.2) is 4.79 Å². The molecule has 0 aromatic heterocycles. The summed E-state index contributed by atoms with van der Waals surface area (Å²) in [4.78, 5) is 17.4. The molecule has 0 heterocycles. The fraction of sp³-hybridized carbons (Fsp3) is 0.333. The molecule has 0 spiro atoms. The third-order valence-electron chi connectivity index (χ3n) is 2.57. The molecule has 0 aliphatic carbocycles. The summed E-state index contributed by atoms with van der Waals surface area (Å²) in [5.74, 6) is 0. The molecule has 5 nitrogen and oxygen atoms in total. The van der Waals surface area contributed by atoms with Crippen LogP contribution in [-0.4, -0.2) is 24.0 Å². The molecule has 0 aliphatic heterocycles. The van der Waals surface area contributed by atoms with Gasteiger partial charge in [-0.15, -0.1) is 0 Å². The van der Waals surface area contributed by atoms with E-state index in [9.17, 15) is 4.79 Å². The third kappa shape index (κ3) is 4.76. The Hall–Kier alpha value is -2.30. The molecule has 5 heteroatoms. The van der Waals surface area contributed by atoms with Crippen LogP contribution in [-0.2, 0) is 11.4 Å². The molecule has 108 valence electrons. The van der Waals surface area contributed by atoms with E-state index >= 15 is 0 Å². The second-order valence-electron chi connectivity index (χ2n) is 4.70. The van der Waals surface area contributed by atoms with E-state index in [0.29, 0.717) is 5.69 Å². The predicted octanol–water partition coefficient (Wildman–Crippen LogP) is 3.66. The second-order valence-corrected chi connectivity index (χ2v) is 4.70. The van der Waals surface area contributed by atoms with Crippen molar-refractivity contribution in [2.75, 3.05) is 11.9 Å². The zero-order chi connectivity index (χ0) is 15.1. The first kappa shape index (κ1) is 15.8. The van der Waals surface area contributed by atoms with Crippen molar-refractivity contribution in [3.63, 3.8) is 0 Å². The maximum absolute atomic E-state index is 11.0. The van der Waals surface area contributed by atoms with Gasteiger partial charge in [-0.05, 0) is 32.9 Å². The Balaban J connectivity index is 2.79. The van der Waals surface area contributed by atoms with Crippen LogP contribution in [0.15, 0.2) is 41.1 Å². The normalized spacial score (nSPS) is 10.9. The molecule has 20 heavy (non-hydrogen) atoms. The van der Waals surface area contributed by atoms with Gasteiger partial charge < -0.3 is 9.94 Å². The molecular weight excluding hydrogens is 256 g/mol. The SMILES string of the molecule is CC(C)=C/C(C)=N\OCc1ccccc1N(C)C(=O)O. The molecule has 0 aliphatic rings. The minimum Gasteiger partial charge on any atom is -0.465 e. The van der Waals surface area contributed by atoms with E-state index < -0.39 is 6.09 Å². The van der Waals surface area contributed by atoms with Crippen LogP contribution in [0.25, 0.3) is 0 Å². The van der Waals surface area contributed by atoms with Crippen molar-refractivity contribution in [1.82, 2.24) is 0 Å². The van der Waals surface area contributed by atoms with Gasteiger partial charge in [0.25, 0.3) is 0 Å². The highest BCUT2D eigenvalue weighted by atomic mass is 16.6. The molecule has 0 fully saturated rings. The Kier molecular flexibility index (Phi) is 5.77. The smallest absolute Gasteiger partial charge is 0.411 e. The summed E-state index contributed by atoms with van der Waals surface area (Å²) in [6.07, 6.45) is 0.900. The molecule has 1 N–H and O–H groups in total. The molecule has 0 saturated heterocycles. The summed E-state index contributed by atoms with van der Waals surface area (Å²) in [6, 6.07) is 7.18. The Labute approximate surface area is 119 Å². The topological polar surface area (TPSA) is 62.1 Å². The number of anilines is 1. The molecule has 1 aromatic rings. The molecule has 0 saturated carbocycles. The first-order chi connectivity index (χ1) is 9.41. The minimum absolute atomic E-state index is 0.224. The molecule has 0 bridgehead atoms. The zero-order valence-corrected chi connectivity index (χ0v) is 12.3.